The van der Waals surface area contributed by atoms with Gasteiger partial charge in [0, 0.05) is 11.4 Å². The van der Waals surface area contributed by atoms with Crippen LogP contribution in [0, 0.1) is 12.7 Å². The molecule has 1 aliphatic rings. The summed E-state index contributed by atoms with van der Waals surface area (Å²) in [6.45, 7) is 1.71. The van der Waals surface area contributed by atoms with Crippen LogP contribution in [-0.4, -0.2) is 11.7 Å². The van der Waals surface area contributed by atoms with Crippen molar-refractivity contribution in [2.24, 2.45) is 0 Å². The lowest BCUT2D eigenvalue weighted by molar-refractivity contribution is -0.115. The summed E-state index contributed by atoms with van der Waals surface area (Å²) in [5.74, 6) is 0.0863. The average molecular weight is 302 g/mol. The predicted molar refractivity (Wildman–Crippen MR) is 84.7 cm³/mol. The first-order valence-corrected chi connectivity index (χ1v) is 7.66. The minimum atomic E-state index is -0.298. The minimum Gasteiger partial charge on any atom is -0.399 e. The number of carbonyl (C=O) groups is 1. The van der Waals surface area contributed by atoms with Crippen LogP contribution in [0.15, 0.2) is 42.5 Å². The third-order valence-electron chi connectivity index (χ3n) is 3.52. The van der Waals surface area contributed by atoms with Gasteiger partial charge in [-0.25, -0.2) is 4.39 Å². The van der Waals surface area contributed by atoms with Gasteiger partial charge in [-0.3, -0.25) is 9.69 Å². The molecule has 1 heterocycles. The molecule has 0 spiro atoms. The summed E-state index contributed by atoms with van der Waals surface area (Å²) in [6, 6.07) is 12.3. The van der Waals surface area contributed by atoms with Crippen molar-refractivity contribution in [1.29, 1.82) is 0 Å². The Morgan fingerprint density at radius 2 is 1.95 bits per heavy atom. The SMILES string of the molecule is Cc1ccc(N2C(=O)CS[C@@H]2c2ccc(N)cc2)cc1F. The van der Waals surface area contributed by atoms with Gasteiger partial charge in [0.2, 0.25) is 5.91 Å². The Hall–Kier alpha value is -2.01. The first kappa shape index (κ1) is 13.9. The molecule has 108 valence electrons. The summed E-state index contributed by atoms with van der Waals surface area (Å²) in [6.07, 6.45) is 0. The fraction of sp³-hybridized carbons (Fsp3) is 0.188. The molecule has 0 unspecified atom stereocenters. The fourth-order valence-electron chi connectivity index (χ4n) is 2.34. The van der Waals surface area contributed by atoms with E-state index < -0.39 is 0 Å². The van der Waals surface area contributed by atoms with Gasteiger partial charge in [0.15, 0.2) is 0 Å². The topological polar surface area (TPSA) is 46.3 Å². The zero-order valence-corrected chi connectivity index (χ0v) is 12.4. The lowest BCUT2D eigenvalue weighted by Crippen LogP contribution is -2.27. The second-order valence-electron chi connectivity index (χ2n) is 5.03. The summed E-state index contributed by atoms with van der Waals surface area (Å²) < 4.78 is 13.8. The number of aryl methyl sites for hydroxylation is 1. The van der Waals surface area contributed by atoms with Crippen LogP contribution in [0.2, 0.25) is 0 Å². The van der Waals surface area contributed by atoms with E-state index in [-0.39, 0.29) is 17.1 Å². The molecule has 0 radical (unpaired) electrons. The maximum atomic E-state index is 13.8. The summed E-state index contributed by atoms with van der Waals surface area (Å²) in [5.41, 5.74) is 8.53. The van der Waals surface area contributed by atoms with Crippen molar-refractivity contribution in [1.82, 2.24) is 0 Å². The second kappa shape index (κ2) is 5.41. The van der Waals surface area contributed by atoms with Crippen molar-refractivity contribution in [3.05, 3.63) is 59.4 Å². The number of hydrogen-bond acceptors (Lipinski definition) is 3. The Bertz CT molecular complexity index is 687. The van der Waals surface area contributed by atoms with Gasteiger partial charge in [-0.1, -0.05) is 18.2 Å². The third-order valence-corrected chi connectivity index (χ3v) is 4.74. The number of benzene rings is 2. The van der Waals surface area contributed by atoms with Gasteiger partial charge in [-0.2, -0.15) is 0 Å². The van der Waals surface area contributed by atoms with Crippen LogP contribution < -0.4 is 10.6 Å². The zero-order chi connectivity index (χ0) is 15.0. The standard InChI is InChI=1S/C16H15FN2OS/c1-10-2-7-13(8-14(10)17)19-15(20)9-21-16(19)11-3-5-12(18)6-4-11/h2-8,16H,9,18H2,1H3/t16-/m1/s1. The second-order valence-corrected chi connectivity index (χ2v) is 6.10. The average Bonchev–Trinajstić information content (AvgIpc) is 2.85. The Morgan fingerprint density at radius 1 is 1.24 bits per heavy atom. The van der Waals surface area contributed by atoms with Crippen molar-refractivity contribution >= 4 is 29.0 Å². The van der Waals surface area contributed by atoms with Crippen LogP contribution in [0.5, 0.6) is 0 Å². The number of rotatable bonds is 2. The van der Waals surface area contributed by atoms with Crippen molar-refractivity contribution in [2.75, 3.05) is 16.4 Å². The first-order chi connectivity index (χ1) is 10.1. The number of hydrogen-bond donors (Lipinski definition) is 1. The highest BCUT2D eigenvalue weighted by molar-refractivity contribution is 8.00. The van der Waals surface area contributed by atoms with Crippen molar-refractivity contribution in [2.45, 2.75) is 12.3 Å². The van der Waals surface area contributed by atoms with Gasteiger partial charge in [0.1, 0.15) is 11.2 Å². The molecule has 0 bridgehead atoms. The van der Waals surface area contributed by atoms with Crippen LogP contribution in [-0.2, 0) is 4.79 Å². The van der Waals surface area contributed by atoms with E-state index in [1.54, 1.807) is 24.0 Å². The van der Waals surface area contributed by atoms with E-state index >= 15 is 0 Å². The van der Waals surface area contributed by atoms with Crippen LogP contribution in [0.3, 0.4) is 0 Å². The normalized spacial score (nSPS) is 18.3. The van der Waals surface area contributed by atoms with E-state index in [0.29, 0.717) is 22.7 Å². The number of amides is 1. The summed E-state index contributed by atoms with van der Waals surface area (Å²) in [5, 5.41) is -0.139. The van der Waals surface area contributed by atoms with E-state index in [2.05, 4.69) is 0 Å². The van der Waals surface area contributed by atoms with Gasteiger partial charge in [0.25, 0.3) is 0 Å². The number of nitrogens with zero attached hydrogens (tertiary/aromatic N) is 1. The van der Waals surface area contributed by atoms with Gasteiger partial charge >= 0.3 is 0 Å². The number of carbonyl (C=O) groups excluding carboxylic acids is 1. The maximum absolute atomic E-state index is 13.8. The minimum absolute atomic E-state index is 0.00919. The van der Waals surface area contributed by atoms with Crippen molar-refractivity contribution < 1.29 is 9.18 Å². The molecule has 5 heteroatoms. The van der Waals surface area contributed by atoms with Crippen molar-refractivity contribution in [3.63, 3.8) is 0 Å². The van der Waals surface area contributed by atoms with Crippen molar-refractivity contribution in [3.8, 4) is 0 Å². The molecule has 1 amide bonds. The van der Waals surface area contributed by atoms with Gasteiger partial charge in [-0.05, 0) is 42.3 Å². The maximum Gasteiger partial charge on any atom is 0.238 e. The van der Waals surface area contributed by atoms with Gasteiger partial charge < -0.3 is 5.73 Å². The molecule has 1 atom stereocenters. The number of anilines is 2. The number of nitrogens with two attached hydrogens (primary N) is 1. The summed E-state index contributed by atoms with van der Waals surface area (Å²) in [7, 11) is 0. The molecule has 2 aromatic rings. The van der Waals surface area contributed by atoms with Crippen LogP contribution >= 0.6 is 11.8 Å². The largest absolute Gasteiger partial charge is 0.399 e. The third kappa shape index (κ3) is 2.61. The molecule has 0 aliphatic carbocycles. The van der Waals surface area contributed by atoms with Crippen LogP contribution in [0.1, 0.15) is 16.5 Å². The molecule has 21 heavy (non-hydrogen) atoms. The smallest absolute Gasteiger partial charge is 0.238 e. The number of halogens is 1. The van der Waals surface area contributed by atoms with E-state index in [1.165, 1.54) is 17.8 Å². The van der Waals surface area contributed by atoms with Gasteiger partial charge in [-0.15, -0.1) is 11.8 Å². The van der Waals surface area contributed by atoms with E-state index in [9.17, 15) is 9.18 Å². The quantitative estimate of drug-likeness (QED) is 0.864. The molecule has 1 fully saturated rings. The Morgan fingerprint density at radius 3 is 2.62 bits per heavy atom. The highest BCUT2D eigenvalue weighted by Crippen LogP contribution is 2.42. The molecule has 0 aromatic heterocycles. The molecule has 1 saturated heterocycles. The summed E-state index contributed by atoms with van der Waals surface area (Å²) in [4.78, 5) is 13.8. The monoisotopic (exact) mass is 302 g/mol. The first-order valence-electron chi connectivity index (χ1n) is 6.61. The molecule has 3 rings (SSSR count). The Kier molecular flexibility index (Phi) is 3.59. The van der Waals surface area contributed by atoms with Crippen LogP contribution in [0.25, 0.3) is 0 Å². The molecule has 2 aromatic carbocycles. The number of nitrogen functional groups attached to an aromatic ring is 1. The summed E-state index contributed by atoms with van der Waals surface area (Å²) >= 11 is 1.54. The molecule has 3 nitrogen and oxygen atoms in total. The van der Waals surface area contributed by atoms with E-state index in [0.717, 1.165) is 5.56 Å². The highest BCUT2D eigenvalue weighted by atomic mass is 32.2. The van der Waals surface area contributed by atoms with Gasteiger partial charge in [0.05, 0.1) is 5.75 Å². The molecular weight excluding hydrogens is 287 g/mol. The van der Waals surface area contributed by atoms with E-state index in [4.69, 9.17) is 5.73 Å². The highest BCUT2D eigenvalue weighted by Gasteiger charge is 2.34. The van der Waals surface area contributed by atoms with E-state index in [1.807, 2.05) is 24.3 Å². The Labute approximate surface area is 126 Å². The van der Waals surface area contributed by atoms with Crippen LogP contribution in [0.4, 0.5) is 15.8 Å². The molecule has 1 aliphatic heterocycles. The lowest BCUT2D eigenvalue weighted by Gasteiger charge is -2.24. The lowest BCUT2D eigenvalue weighted by atomic mass is 10.1. The fourth-order valence-corrected chi connectivity index (χ4v) is 3.52. The zero-order valence-electron chi connectivity index (χ0n) is 11.5. The Balaban J connectivity index is 1.99. The number of thioether (sulfide) groups is 1. The molecule has 0 saturated carbocycles. The molecular formula is C16H15FN2OS. The predicted octanol–water partition coefficient (Wildman–Crippen LogP) is 3.49. The molecule has 2 N–H and O–H groups in total.